The van der Waals surface area contributed by atoms with Crippen molar-refractivity contribution in [2.24, 2.45) is 0 Å². The minimum Gasteiger partial charge on any atom is -0.439 e. The Morgan fingerprint density at radius 3 is 2.60 bits per heavy atom. The van der Waals surface area contributed by atoms with Gasteiger partial charge in [0.15, 0.2) is 0 Å². The molecule has 1 fully saturated rings. The lowest BCUT2D eigenvalue weighted by molar-refractivity contribution is -0.129. The van der Waals surface area contributed by atoms with E-state index in [0.29, 0.717) is 6.42 Å². The van der Waals surface area contributed by atoms with Crippen molar-refractivity contribution in [3.63, 3.8) is 0 Å². The number of unbranched alkanes of at least 4 members (excludes halogenated alkanes) is 2. The fourth-order valence-corrected chi connectivity index (χ4v) is 2.53. The van der Waals surface area contributed by atoms with Gasteiger partial charge in [0.1, 0.15) is 6.10 Å². The third-order valence-corrected chi connectivity index (χ3v) is 3.66. The maximum atomic E-state index is 12.1. The van der Waals surface area contributed by atoms with Crippen molar-refractivity contribution < 1.29 is 14.3 Å². The molecule has 1 aromatic rings. The minimum atomic E-state index is -0.521. The van der Waals surface area contributed by atoms with Gasteiger partial charge in [0.25, 0.3) is 0 Å². The standard InChI is InChI=1S/C16H21NO3/c1-3-4-6-11-14(18)17-12(2)15(20-16(17)19)13-9-7-5-8-10-13/h5,7-10,12,15H,3-4,6,11H2,1-2H3/t12-,15-/m0/s1. The molecule has 0 N–H and O–H groups in total. The number of carbonyl (C=O) groups is 2. The number of cyclic esters (lactones) is 1. The first-order chi connectivity index (χ1) is 9.65. The predicted molar refractivity (Wildman–Crippen MR) is 76.1 cm³/mol. The van der Waals surface area contributed by atoms with Crippen LogP contribution in [0.5, 0.6) is 0 Å². The second-order valence-corrected chi connectivity index (χ2v) is 5.18. The molecule has 2 atom stereocenters. The zero-order valence-corrected chi connectivity index (χ0v) is 12.0. The van der Waals surface area contributed by atoms with Crippen LogP contribution in [0.3, 0.4) is 0 Å². The van der Waals surface area contributed by atoms with Crippen molar-refractivity contribution in [3.05, 3.63) is 35.9 Å². The summed E-state index contributed by atoms with van der Waals surface area (Å²) in [5.41, 5.74) is 0.928. The average Bonchev–Trinajstić information content (AvgIpc) is 2.75. The summed E-state index contributed by atoms with van der Waals surface area (Å²) in [6.07, 6.45) is 2.41. The van der Waals surface area contributed by atoms with Crippen molar-refractivity contribution in [1.29, 1.82) is 0 Å². The van der Waals surface area contributed by atoms with Crippen LogP contribution in [0.1, 0.15) is 51.2 Å². The van der Waals surface area contributed by atoms with Crippen LogP contribution in [-0.4, -0.2) is 22.9 Å². The van der Waals surface area contributed by atoms with E-state index in [2.05, 4.69) is 6.92 Å². The summed E-state index contributed by atoms with van der Waals surface area (Å²) >= 11 is 0. The molecule has 0 unspecified atom stereocenters. The molecule has 1 aromatic carbocycles. The summed E-state index contributed by atoms with van der Waals surface area (Å²) in [6, 6.07) is 9.31. The van der Waals surface area contributed by atoms with Crippen molar-refractivity contribution in [2.45, 2.75) is 51.7 Å². The number of imide groups is 1. The third-order valence-electron chi connectivity index (χ3n) is 3.66. The molecule has 1 aliphatic heterocycles. The number of hydrogen-bond acceptors (Lipinski definition) is 3. The molecule has 0 aromatic heterocycles. The Hall–Kier alpha value is -1.84. The average molecular weight is 275 g/mol. The van der Waals surface area contributed by atoms with E-state index >= 15 is 0 Å². The number of carbonyl (C=O) groups excluding carboxylic acids is 2. The highest BCUT2D eigenvalue weighted by Crippen LogP contribution is 2.32. The molecular formula is C16H21NO3. The first-order valence-electron chi connectivity index (χ1n) is 7.22. The Labute approximate surface area is 119 Å². The monoisotopic (exact) mass is 275 g/mol. The highest BCUT2D eigenvalue weighted by atomic mass is 16.6. The molecule has 0 aliphatic carbocycles. The lowest BCUT2D eigenvalue weighted by Gasteiger charge is -2.19. The quantitative estimate of drug-likeness (QED) is 0.770. The van der Waals surface area contributed by atoms with Gasteiger partial charge in [-0.05, 0) is 18.9 Å². The van der Waals surface area contributed by atoms with Crippen LogP contribution in [0, 0.1) is 0 Å². The molecule has 2 rings (SSSR count). The lowest BCUT2D eigenvalue weighted by Crippen LogP contribution is -2.37. The van der Waals surface area contributed by atoms with Gasteiger partial charge >= 0.3 is 6.09 Å². The second kappa shape index (κ2) is 6.55. The molecule has 0 saturated carbocycles. The lowest BCUT2D eigenvalue weighted by atomic mass is 10.0. The topological polar surface area (TPSA) is 46.6 Å². The molecule has 0 bridgehead atoms. The Morgan fingerprint density at radius 2 is 1.95 bits per heavy atom. The van der Waals surface area contributed by atoms with E-state index in [1.807, 2.05) is 37.3 Å². The first-order valence-corrected chi connectivity index (χ1v) is 7.22. The molecular weight excluding hydrogens is 254 g/mol. The molecule has 2 amide bonds. The highest BCUT2D eigenvalue weighted by molar-refractivity contribution is 5.93. The van der Waals surface area contributed by atoms with Gasteiger partial charge in [0.2, 0.25) is 5.91 Å². The Morgan fingerprint density at radius 1 is 1.25 bits per heavy atom. The molecule has 0 radical (unpaired) electrons. The van der Waals surface area contributed by atoms with Gasteiger partial charge < -0.3 is 4.74 Å². The summed E-state index contributed by atoms with van der Waals surface area (Å²) < 4.78 is 5.37. The normalized spacial score (nSPS) is 21.9. The van der Waals surface area contributed by atoms with Crippen LogP contribution < -0.4 is 0 Å². The number of nitrogens with zero attached hydrogens (tertiary/aromatic N) is 1. The van der Waals surface area contributed by atoms with Crippen LogP contribution in [0.2, 0.25) is 0 Å². The maximum Gasteiger partial charge on any atom is 0.417 e. The second-order valence-electron chi connectivity index (χ2n) is 5.18. The molecule has 4 heteroatoms. The van der Waals surface area contributed by atoms with Crippen molar-refractivity contribution in [3.8, 4) is 0 Å². The summed E-state index contributed by atoms with van der Waals surface area (Å²) in [7, 11) is 0. The summed E-state index contributed by atoms with van der Waals surface area (Å²) in [6.45, 7) is 3.95. The van der Waals surface area contributed by atoms with Gasteiger partial charge in [-0.25, -0.2) is 9.69 Å². The summed E-state index contributed by atoms with van der Waals surface area (Å²) in [4.78, 5) is 25.3. The smallest absolute Gasteiger partial charge is 0.417 e. The zero-order chi connectivity index (χ0) is 14.5. The van der Waals surface area contributed by atoms with Crippen LogP contribution in [0.25, 0.3) is 0 Å². The molecule has 0 spiro atoms. The maximum absolute atomic E-state index is 12.1. The van der Waals surface area contributed by atoms with Gasteiger partial charge in [-0.3, -0.25) is 4.79 Å². The van der Waals surface area contributed by atoms with Crippen LogP contribution in [-0.2, 0) is 9.53 Å². The van der Waals surface area contributed by atoms with Gasteiger partial charge in [0.05, 0.1) is 6.04 Å². The van der Waals surface area contributed by atoms with Crippen LogP contribution in [0.4, 0.5) is 4.79 Å². The number of rotatable bonds is 5. The summed E-state index contributed by atoms with van der Waals surface area (Å²) in [5, 5.41) is 0. The fourth-order valence-electron chi connectivity index (χ4n) is 2.53. The van der Waals surface area contributed by atoms with Gasteiger partial charge in [-0.2, -0.15) is 0 Å². The van der Waals surface area contributed by atoms with Crippen LogP contribution in [0.15, 0.2) is 30.3 Å². The van der Waals surface area contributed by atoms with E-state index in [-0.39, 0.29) is 18.1 Å². The first kappa shape index (κ1) is 14.6. The zero-order valence-electron chi connectivity index (χ0n) is 12.0. The predicted octanol–water partition coefficient (Wildman–Crippen LogP) is 3.68. The third kappa shape index (κ3) is 3.00. The fraction of sp³-hybridized carbons (Fsp3) is 0.500. The van der Waals surface area contributed by atoms with Crippen molar-refractivity contribution >= 4 is 12.0 Å². The number of amides is 2. The number of hydrogen-bond donors (Lipinski definition) is 0. The van der Waals surface area contributed by atoms with Gasteiger partial charge in [-0.1, -0.05) is 50.1 Å². The van der Waals surface area contributed by atoms with Gasteiger partial charge in [-0.15, -0.1) is 0 Å². The van der Waals surface area contributed by atoms with Crippen LogP contribution >= 0.6 is 0 Å². The molecule has 20 heavy (non-hydrogen) atoms. The minimum absolute atomic E-state index is 0.130. The van der Waals surface area contributed by atoms with E-state index in [1.165, 1.54) is 4.90 Å². The Kier molecular flexibility index (Phi) is 4.77. The Balaban J connectivity index is 2.05. The Bertz CT molecular complexity index is 472. The van der Waals surface area contributed by atoms with Crippen molar-refractivity contribution in [1.82, 2.24) is 4.90 Å². The number of benzene rings is 1. The largest absolute Gasteiger partial charge is 0.439 e. The molecule has 1 aliphatic rings. The summed E-state index contributed by atoms with van der Waals surface area (Å²) in [5.74, 6) is -0.130. The van der Waals surface area contributed by atoms with E-state index in [1.54, 1.807) is 0 Å². The van der Waals surface area contributed by atoms with E-state index in [9.17, 15) is 9.59 Å². The SMILES string of the molecule is CCCCCC(=O)N1C(=O)O[C@H](c2ccccc2)[C@@H]1C. The molecule has 108 valence electrons. The number of ether oxygens (including phenoxy) is 1. The van der Waals surface area contributed by atoms with Gasteiger partial charge in [0, 0.05) is 6.42 Å². The highest BCUT2D eigenvalue weighted by Gasteiger charge is 2.42. The van der Waals surface area contributed by atoms with E-state index in [0.717, 1.165) is 24.8 Å². The molecule has 1 saturated heterocycles. The molecule has 1 heterocycles. The van der Waals surface area contributed by atoms with E-state index < -0.39 is 6.09 Å². The van der Waals surface area contributed by atoms with Crippen molar-refractivity contribution in [2.75, 3.05) is 0 Å². The molecule has 4 nitrogen and oxygen atoms in total. The van der Waals surface area contributed by atoms with E-state index in [4.69, 9.17) is 4.74 Å².